The predicted octanol–water partition coefficient (Wildman–Crippen LogP) is 2.48. The molecule has 0 aromatic rings. The third-order valence-electron chi connectivity index (χ3n) is 0.905. The Labute approximate surface area is 48.9 Å². The normalized spacial score (nSPS) is 12.0. The van der Waals surface area contributed by atoms with Gasteiger partial charge in [-0.25, -0.2) is 4.39 Å². The minimum atomic E-state index is -1.19. The van der Waals surface area contributed by atoms with E-state index in [-0.39, 0.29) is 0 Å². The molecule has 0 aliphatic rings. The fraction of sp³-hybridized carbons (Fsp3) is 1.00. The van der Waals surface area contributed by atoms with E-state index in [1.54, 1.807) is 0 Å². The molecular weight excluding hydrogens is 110 g/mol. The van der Waals surface area contributed by atoms with Gasteiger partial charge in [-0.3, -0.25) is 4.39 Å². The molecule has 8 heavy (non-hydrogen) atoms. The smallest absolute Gasteiger partial charge is 0.105 e. The maximum Gasteiger partial charge on any atom is 0.105 e. The van der Waals surface area contributed by atoms with E-state index < -0.39 is 12.3 Å². The molecule has 0 spiro atoms. The van der Waals surface area contributed by atoms with E-state index in [4.69, 9.17) is 0 Å². The van der Waals surface area contributed by atoms with Gasteiger partial charge < -0.3 is 0 Å². The molecule has 0 bridgehead atoms. The van der Waals surface area contributed by atoms with Gasteiger partial charge in [-0.2, -0.15) is 0 Å². The first kappa shape index (κ1) is 7.86. The van der Waals surface area contributed by atoms with Crippen LogP contribution in [0.1, 0.15) is 26.7 Å². The molecule has 0 amide bonds. The Hall–Kier alpha value is -0.140. The van der Waals surface area contributed by atoms with Crippen molar-refractivity contribution < 1.29 is 8.78 Å². The average molecular weight is 122 g/mol. The van der Waals surface area contributed by atoms with Crippen LogP contribution in [0.4, 0.5) is 8.78 Å². The number of halogens is 2. The Kier molecular flexibility index (Phi) is 2.95. The molecule has 0 aliphatic carbocycles. The van der Waals surface area contributed by atoms with Crippen LogP contribution in [0.25, 0.3) is 0 Å². The first-order valence-corrected chi connectivity index (χ1v) is 2.81. The van der Waals surface area contributed by atoms with E-state index in [1.807, 2.05) is 0 Å². The Bertz CT molecular complexity index is 54.0. The molecule has 0 rings (SSSR count). The lowest BCUT2D eigenvalue weighted by Crippen LogP contribution is -2.11. The number of hydrogen-bond donors (Lipinski definition) is 0. The van der Waals surface area contributed by atoms with Gasteiger partial charge in [0.05, 0.1) is 6.67 Å². The highest BCUT2D eigenvalue weighted by molar-refractivity contribution is 4.64. The molecule has 2 heteroatoms. The van der Waals surface area contributed by atoms with Crippen LogP contribution in [0.15, 0.2) is 0 Å². The Morgan fingerprint density at radius 1 is 1.38 bits per heavy atom. The SMILES string of the molecule is CC(C)(F)CCCF. The molecule has 0 saturated heterocycles. The van der Waals surface area contributed by atoms with E-state index in [9.17, 15) is 8.78 Å². The van der Waals surface area contributed by atoms with E-state index in [1.165, 1.54) is 13.8 Å². The summed E-state index contributed by atoms with van der Waals surface area (Å²) in [5.74, 6) is 0. The van der Waals surface area contributed by atoms with Gasteiger partial charge in [-0.15, -0.1) is 0 Å². The van der Waals surface area contributed by atoms with Gasteiger partial charge in [0.2, 0.25) is 0 Å². The zero-order valence-electron chi connectivity index (χ0n) is 5.38. The largest absolute Gasteiger partial charge is 0.251 e. The summed E-state index contributed by atoms with van der Waals surface area (Å²) in [7, 11) is 0. The summed E-state index contributed by atoms with van der Waals surface area (Å²) < 4.78 is 23.8. The van der Waals surface area contributed by atoms with Crippen LogP contribution in [-0.2, 0) is 0 Å². The summed E-state index contributed by atoms with van der Waals surface area (Å²) in [6.07, 6.45) is 0.660. The highest BCUT2D eigenvalue weighted by Gasteiger charge is 2.13. The summed E-state index contributed by atoms with van der Waals surface area (Å²) in [4.78, 5) is 0. The summed E-state index contributed by atoms with van der Waals surface area (Å²) in [6.45, 7) is 2.51. The lowest BCUT2D eigenvalue weighted by Gasteiger charge is -2.10. The standard InChI is InChI=1S/C6H12F2/c1-6(2,8)4-3-5-7/h3-5H2,1-2H3. The molecule has 0 aromatic heterocycles. The predicted molar refractivity (Wildman–Crippen MR) is 30.4 cm³/mol. The van der Waals surface area contributed by atoms with Crippen molar-refractivity contribution in [1.29, 1.82) is 0 Å². The van der Waals surface area contributed by atoms with Crippen LogP contribution < -0.4 is 0 Å². The first-order valence-electron chi connectivity index (χ1n) is 2.81. The minimum absolute atomic E-state index is 0.323. The Morgan fingerprint density at radius 2 is 1.88 bits per heavy atom. The molecular formula is C6H12F2. The molecule has 0 unspecified atom stereocenters. The lowest BCUT2D eigenvalue weighted by atomic mass is 10.1. The monoisotopic (exact) mass is 122 g/mol. The fourth-order valence-electron chi connectivity index (χ4n) is 0.487. The van der Waals surface area contributed by atoms with Crippen molar-refractivity contribution in [2.45, 2.75) is 32.4 Å². The maximum atomic E-state index is 12.4. The van der Waals surface area contributed by atoms with Crippen LogP contribution in [0, 0.1) is 0 Å². The van der Waals surface area contributed by atoms with E-state index >= 15 is 0 Å². The molecule has 0 saturated carbocycles. The van der Waals surface area contributed by atoms with Crippen LogP contribution in [0.2, 0.25) is 0 Å². The van der Waals surface area contributed by atoms with Gasteiger partial charge in [-0.1, -0.05) is 0 Å². The van der Waals surface area contributed by atoms with Crippen LogP contribution in [0.5, 0.6) is 0 Å². The second kappa shape index (κ2) is 3.00. The van der Waals surface area contributed by atoms with Crippen molar-refractivity contribution >= 4 is 0 Å². The number of rotatable bonds is 3. The van der Waals surface area contributed by atoms with E-state index in [0.717, 1.165) is 0 Å². The van der Waals surface area contributed by atoms with Crippen molar-refractivity contribution in [1.82, 2.24) is 0 Å². The Morgan fingerprint density at radius 3 is 2.00 bits per heavy atom. The van der Waals surface area contributed by atoms with Gasteiger partial charge >= 0.3 is 0 Å². The molecule has 0 heterocycles. The van der Waals surface area contributed by atoms with Crippen molar-refractivity contribution in [3.63, 3.8) is 0 Å². The van der Waals surface area contributed by atoms with Gasteiger partial charge in [0.1, 0.15) is 5.67 Å². The minimum Gasteiger partial charge on any atom is -0.251 e. The zero-order valence-corrected chi connectivity index (χ0v) is 5.38. The van der Waals surface area contributed by atoms with E-state index in [2.05, 4.69) is 0 Å². The van der Waals surface area contributed by atoms with Crippen molar-refractivity contribution in [3.8, 4) is 0 Å². The quantitative estimate of drug-likeness (QED) is 0.539. The molecule has 0 fully saturated rings. The van der Waals surface area contributed by atoms with Gasteiger partial charge in [0.25, 0.3) is 0 Å². The van der Waals surface area contributed by atoms with E-state index in [0.29, 0.717) is 12.8 Å². The van der Waals surface area contributed by atoms with Gasteiger partial charge in [-0.05, 0) is 26.7 Å². The summed E-state index contributed by atoms with van der Waals surface area (Å²) >= 11 is 0. The van der Waals surface area contributed by atoms with Crippen LogP contribution in [-0.4, -0.2) is 12.3 Å². The first-order chi connectivity index (χ1) is 3.56. The Balaban J connectivity index is 3.11. The highest BCUT2D eigenvalue weighted by atomic mass is 19.1. The van der Waals surface area contributed by atoms with Crippen molar-refractivity contribution in [2.75, 3.05) is 6.67 Å². The molecule has 0 aliphatic heterocycles. The van der Waals surface area contributed by atoms with Gasteiger partial charge in [0.15, 0.2) is 0 Å². The average Bonchev–Trinajstić information content (AvgIpc) is 1.59. The van der Waals surface area contributed by atoms with Crippen molar-refractivity contribution in [2.24, 2.45) is 0 Å². The topological polar surface area (TPSA) is 0 Å². The second-order valence-electron chi connectivity index (χ2n) is 2.51. The molecule has 0 aromatic carbocycles. The fourth-order valence-corrected chi connectivity index (χ4v) is 0.487. The number of alkyl halides is 2. The maximum absolute atomic E-state index is 12.4. The molecule has 50 valence electrons. The molecule has 0 nitrogen and oxygen atoms in total. The van der Waals surface area contributed by atoms with Crippen LogP contribution >= 0.6 is 0 Å². The summed E-state index contributed by atoms with van der Waals surface area (Å²) in [5, 5.41) is 0. The number of hydrogen-bond acceptors (Lipinski definition) is 0. The third-order valence-corrected chi connectivity index (χ3v) is 0.905. The zero-order chi connectivity index (χ0) is 6.62. The van der Waals surface area contributed by atoms with Crippen LogP contribution in [0.3, 0.4) is 0 Å². The summed E-state index contributed by atoms with van der Waals surface area (Å²) in [6, 6.07) is 0. The molecule has 0 radical (unpaired) electrons. The lowest BCUT2D eigenvalue weighted by molar-refractivity contribution is 0.191. The summed E-state index contributed by atoms with van der Waals surface area (Å²) in [5.41, 5.74) is -1.19. The third kappa shape index (κ3) is 5.86. The van der Waals surface area contributed by atoms with Gasteiger partial charge in [0, 0.05) is 0 Å². The molecule has 0 atom stereocenters. The highest BCUT2D eigenvalue weighted by Crippen LogP contribution is 2.15. The molecule has 0 N–H and O–H groups in total. The second-order valence-corrected chi connectivity index (χ2v) is 2.51. The van der Waals surface area contributed by atoms with Crippen molar-refractivity contribution in [3.05, 3.63) is 0 Å².